The van der Waals surface area contributed by atoms with Gasteiger partial charge < -0.3 is 14.4 Å². The van der Waals surface area contributed by atoms with Crippen molar-refractivity contribution in [1.82, 2.24) is 4.90 Å². The van der Waals surface area contributed by atoms with Gasteiger partial charge in [0.05, 0.1) is 12.6 Å². The largest absolute Gasteiger partial charge is 0.457 e. The lowest BCUT2D eigenvalue weighted by Gasteiger charge is -2.36. The van der Waals surface area contributed by atoms with E-state index in [9.17, 15) is 9.59 Å². The Bertz CT molecular complexity index is 878. The van der Waals surface area contributed by atoms with Gasteiger partial charge >= 0.3 is 5.97 Å². The molecule has 28 heavy (non-hydrogen) atoms. The van der Waals surface area contributed by atoms with Crippen molar-refractivity contribution in [1.29, 1.82) is 0 Å². The zero-order chi connectivity index (χ0) is 19.5. The highest BCUT2D eigenvalue weighted by Crippen LogP contribution is 2.39. The maximum atomic E-state index is 13.2. The van der Waals surface area contributed by atoms with E-state index in [0.29, 0.717) is 6.61 Å². The third-order valence-corrected chi connectivity index (χ3v) is 5.34. The van der Waals surface area contributed by atoms with E-state index in [2.05, 4.69) is 0 Å². The fourth-order valence-electron chi connectivity index (χ4n) is 3.83. The summed E-state index contributed by atoms with van der Waals surface area (Å²) in [6.45, 7) is 2.60. The number of ether oxygens (including phenoxy) is 2. The van der Waals surface area contributed by atoms with Crippen molar-refractivity contribution in [2.45, 2.75) is 32.2 Å². The van der Waals surface area contributed by atoms with Crippen LogP contribution in [0.5, 0.6) is 0 Å². The number of fused-ring (bicyclic) bond motifs is 1. The average molecular weight is 377 g/mol. The van der Waals surface area contributed by atoms with Crippen LogP contribution in [0.3, 0.4) is 0 Å². The van der Waals surface area contributed by atoms with Crippen LogP contribution in [-0.4, -0.2) is 29.6 Å². The number of hydrogen-bond acceptors (Lipinski definition) is 4. The second-order valence-corrected chi connectivity index (χ2v) is 7.08. The molecule has 144 valence electrons. The number of carbonyl (C=O) groups is 2. The monoisotopic (exact) mass is 377 g/mol. The summed E-state index contributed by atoms with van der Waals surface area (Å²) in [6, 6.07) is 19.0. The Hall–Kier alpha value is -2.92. The molecule has 2 aliphatic rings. The second-order valence-electron chi connectivity index (χ2n) is 7.08. The van der Waals surface area contributed by atoms with E-state index in [4.69, 9.17) is 9.47 Å². The molecule has 3 atom stereocenters. The van der Waals surface area contributed by atoms with Gasteiger partial charge in [0.2, 0.25) is 0 Å². The topological polar surface area (TPSA) is 55.8 Å². The van der Waals surface area contributed by atoms with Crippen molar-refractivity contribution in [2.75, 3.05) is 6.61 Å². The molecule has 5 heteroatoms. The quantitative estimate of drug-likeness (QED) is 0.590. The van der Waals surface area contributed by atoms with Crippen molar-refractivity contribution in [3.63, 3.8) is 0 Å². The summed E-state index contributed by atoms with van der Waals surface area (Å²) >= 11 is 0. The van der Waals surface area contributed by atoms with Crippen LogP contribution >= 0.6 is 0 Å². The van der Waals surface area contributed by atoms with Gasteiger partial charge in [0.25, 0.3) is 5.91 Å². The number of amides is 1. The molecule has 0 unspecified atom stereocenters. The van der Waals surface area contributed by atoms with E-state index in [0.717, 1.165) is 17.5 Å². The van der Waals surface area contributed by atoms with E-state index in [1.165, 1.54) is 0 Å². The molecule has 1 amide bonds. The van der Waals surface area contributed by atoms with Crippen molar-refractivity contribution in [3.8, 4) is 0 Å². The number of rotatable bonds is 5. The van der Waals surface area contributed by atoms with Crippen LogP contribution in [0, 0.1) is 5.92 Å². The summed E-state index contributed by atoms with van der Waals surface area (Å²) in [7, 11) is 0. The average Bonchev–Trinajstić information content (AvgIpc) is 3.20. The van der Waals surface area contributed by atoms with Crippen LogP contribution in [0.15, 0.2) is 72.3 Å². The van der Waals surface area contributed by atoms with Gasteiger partial charge in [0.15, 0.2) is 0 Å². The Kier molecular flexibility index (Phi) is 5.26. The van der Waals surface area contributed by atoms with Crippen molar-refractivity contribution in [3.05, 3.63) is 83.4 Å². The van der Waals surface area contributed by atoms with Crippen molar-refractivity contribution in [2.24, 2.45) is 5.92 Å². The molecule has 0 spiro atoms. The molecule has 0 aliphatic carbocycles. The molecule has 5 nitrogen and oxygen atoms in total. The van der Waals surface area contributed by atoms with Gasteiger partial charge in [0.1, 0.15) is 18.4 Å². The first-order valence-corrected chi connectivity index (χ1v) is 9.61. The third-order valence-electron chi connectivity index (χ3n) is 5.34. The van der Waals surface area contributed by atoms with Gasteiger partial charge in [0, 0.05) is 5.92 Å². The summed E-state index contributed by atoms with van der Waals surface area (Å²) in [6.07, 6.45) is 2.16. The lowest BCUT2D eigenvalue weighted by molar-refractivity contribution is -0.147. The summed E-state index contributed by atoms with van der Waals surface area (Å²) < 4.78 is 11.4. The van der Waals surface area contributed by atoms with E-state index >= 15 is 0 Å². The normalized spacial score (nSPS) is 23.9. The molecule has 1 fully saturated rings. The lowest BCUT2D eigenvalue weighted by Crippen LogP contribution is -2.47. The minimum absolute atomic E-state index is 0.0364. The molecular weight excluding hydrogens is 354 g/mol. The number of nitrogens with zero attached hydrogens (tertiary/aromatic N) is 1. The molecule has 0 N–H and O–H groups in total. The van der Waals surface area contributed by atoms with Gasteiger partial charge in [-0.15, -0.1) is 0 Å². The first-order valence-electron chi connectivity index (χ1n) is 9.61. The molecule has 2 aromatic rings. The third kappa shape index (κ3) is 3.45. The van der Waals surface area contributed by atoms with Crippen LogP contribution in [0.2, 0.25) is 0 Å². The van der Waals surface area contributed by atoms with Gasteiger partial charge in [-0.3, -0.25) is 4.79 Å². The van der Waals surface area contributed by atoms with E-state index in [1.54, 1.807) is 11.0 Å². The van der Waals surface area contributed by atoms with Crippen LogP contribution < -0.4 is 0 Å². The van der Waals surface area contributed by atoms with Gasteiger partial charge in [-0.1, -0.05) is 73.7 Å². The fourth-order valence-corrected chi connectivity index (χ4v) is 3.83. The highest BCUT2D eigenvalue weighted by Gasteiger charge is 2.47. The predicted octanol–water partition coefficient (Wildman–Crippen LogP) is 3.62. The summed E-state index contributed by atoms with van der Waals surface area (Å²) in [5.74, 6) is -0.936. The molecule has 1 saturated heterocycles. The van der Waals surface area contributed by atoms with Crippen molar-refractivity contribution < 1.29 is 19.1 Å². The SMILES string of the molecule is CC[C@H]1C=C(C(=O)OCc2ccccc2)C(=O)N2[C@@H]1OC[C@H]2c1ccccc1. The van der Waals surface area contributed by atoms with Crippen LogP contribution in [0.25, 0.3) is 0 Å². The molecule has 0 bridgehead atoms. The van der Waals surface area contributed by atoms with E-state index in [1.807, 2.05) is 67.6 Å². The number of esters is 1. The predicted molar refractivity (Wildman–Crippen MR) is 104 cm³/mol. The standard InChI is InChI=1S/C23H23NO4/c1-2-17-13-19(23(26)28-14-16-9-5-3-6-10-16)21(25)24-20(15-27-22(17)24)18-11-7-4-8-12-18/h3-13,17,20,22H,2,14-15H2,1H3/t17-,20-,22+/m0/s1. The highest BCUT2D eigenvalue weighted by molar-refractivity contribution is 6.17. The Morgan fingerprint density at radius 2 is 1.79 bits per heavy atom. The van der Waals surface area contributed by atoms with Gasteiger partial charge in [-0.2, -0.15) is 0 Å². The molecule has 0 saturated carbocycles. The summed E-state index contributed by atoms with van der Waals surface area (Å²) in [5, 5.41) is 0. The molecule has 0 aromatic heterocycles. The minimum Gasteiger partial charge on any atom is -0.457 e. The fraction of sp³-hybridized carbons (Fsp3) is 0.304. The molecule has 4 rings (SSSR count). The summed E-state index contributed by atoms with van der Waals surface area (Å²) in [4.78, 5) is 27.6. The van der Waals surface area contributed by atoms with Gasteiger partial charge in [-0.25, -0.2) is 4.79 Å². The minimum atomic E-state index is -0.579. The zero-order valence-electron chi connectivity index (χ0n) is 15.8. The highest BCUT2D eigenvalue weighted by atomic mass is 16.5. The molecular formula is C23H23NO4. The zero-order valence-corrected chi connectivity index (χ0v) is 15.8. The molecule has 0 radical (unpaired) electrons. The van der Waals surface area contributed by atoms with Crippen LogP contribution in [0.4, 0.5) is 0 Å². The Labute approximate surface area is 164 Å². The Balaban J connectivity index is 1.56. The number of hydrogen-bond donors (Lipinski definition) is 0. The van der Waals surface area contributed by atoms with Crippen molar-refractivity contribution >= 4 is 11.9 Å². The first-order chi connectivity index (χ1) is 13.7. The molecule has 2 aliphatic heterocycles. The van der Waals surface area contributed by atoms with Crippen LogP contribution in [0.1, 0.15) is 30.5 Å². The maximum absolute atomic E-state index is 13.2. The molecule has 2 heterocycles. The van der Waals surface area contributed by atoms with Gasteiger partial charge in [-0.05, 0) is 17.5 Å². The number of carbonyl (C=O) groups excluding carboxylic acids is 2. The van der Waals surface area contributed by atoms with E-state index in [-0.39, 0.29) is 36.3 Å². The second kappa shape index (κ2) is 7.98. The molecule has 2 aromatic carbocycles. The maximum Gasteiger partial charge on any atom is 0.343 e. The first kappa shape index (κ1) is 18.4. The Morgan fingerprint density at radius 3 is 2.46 bits per heavy atom. The summed E-state index contributed by atoms with van der Waals surface area (Å²) in [5.41, 5.74) is 1.99. The smallest absolute Gasteiger partial charge is 0.343 e. The lowest BCUT2D eigenvalue weighted by atomic mass is 9.93. The van der Waals surface area contributed by atoms with E-state index < -0.39 is 5.97 Å². The Morgan fingerprint density at radius 1 is 1.11 bits per heavy atom. The van der Waals surface area contributed by atoms with Crippen LogP contribution in [-0.2, 0) is 25.7 Å². The number of benzene rings is 2.